The maximum Gasteiger partial charge on any atom is 0.221 e. The fourth-order valence-electron chi connectivity index (χ4n) is 1.61. The Balaban J connectivity index is 2.06. The molecule has 1 aliphatic rings. The third kappa shape index (κ3) is 5.42. The van der Waals surface area contributed by atoms with E-state index in [1.165, 1.54) is 12.8 Å². The third-order valence-corrected chi connectivity index (χ3v) is 3.65. The number of carbonyl (C=O) groups excluding carboxylic acids is 1. The average Bonchev–Trinajstić information content (AvgIpc) is 2.98. The van der Waals surface area contributed by atoms with Gasteiger partial charge in [0, 0.05) is 19.0 Å². The fraction of sp³-hybridized carbons (Fsp3) is 0.909. The Labute approximate surface area is 96.6 Å². The number of rotatable bonds is 7. The van der Waals surface area contributed by atoms with E-state index in [0.717, 1.165) is 12.3 Å². The number of thioether (sulfide) groups is 1. The van der Waals surface area contributed by atoms with E-state index in [0.29, 0.717) is 18.3 Å². The predicted molar refractivity (Wildman–Crippen MR) is 65.9 cm³/mol. The molecular weight excluding hydrogens is 208 g/mol. The summed E-state index contributed by atoms with van der Waals surface area (Å²) in [6, 6.07) is 0.0841. The molecule has 0 aromatic rings. The molecule has 1 fully saturated rings. The summed E-state index contributed by atoms with van der Waals surface area (Å²) >= 11 is 1.81. The maximum atomic E-state index is 11.5. The number of hydrogen-bond donors (Lipinski definition) is 2. The molecule has 2 atom stereocenters. The lowest BCUT2D eigenvalue weighted by atomic mass is 10.1. The van der Waals surface area contributed by atoms with Crippen LogP contribution in [0.25, 0.3) is 0 Å². The normalized spacial score (nSPS) is 19.7. The number of hydrogen-bond acceptors (Lipinski definition) is 3. The second-order valence-electron chi connectivity index (χ2n) is 4.57. The van der Waals surface area contributed by atoms with Gasteiger partial charge in [-0.1, -0.05) is 6.92 Å². The van der Waals surface area contributed by atoms with Crippen molar-refractivity contribution in [2.75, 3.05) is 18.6 Å². The highest BCUT2D eigenvalue weighted by atomic mass is 32.2. The zero-order chi connectivity index (χ0) is 11.3. The molecule has 88 valence electrons. The van der Waals surface area contributed by atoms with Crippen molar-refractivity contribution < 1.29 is 4.79 Å². The predicted octanol–water partition coefficient (Wildman–Crippen LogP) is 1.23. The summed E-state index contributed by atoms with van der Waals surface area (Å²) < 4.78 is 0. The van der Waals surface area contributed by atoms with E-state index >= 15 is 0 Å². The molecule has 0 bridgehead atoms. The van der Waals surface area contributed by atoms with Gasteiger partial charge >= 0.3 is 0 Å². The monoisotopic (exact) mass is 230 g/mol. The number of nitrogens with one attached hydrogen (secondary N) is 1. The fourth-order valence-corrected chi connectivity index (χ4v) is 2.30. The Kier molecular flexibility index (Phi) is 5.47. The lowest BCUT2D eigenvalue weighted by molar-refractivity contribution is -0.121. The lowest BCUT2D eigenvalue weighted by Gasteiger charge is -2.13. The topological polar surface area (TPSA) is 55.1 Å². The highest BCUT2D eigenvalue weighted by molar-refractivity contribution is 7.98. The van der Waals surface area contributed by atoms with Gasteiger partial charge in [0.15, 0.2) is 0 Å². The van der Waals surface area contributed by atoms with E-state index in [1.54, 1.807) is 0 Å². The zero-order valence-corrected chi connectivity index (χ0v) is 10.5. The Morgan fingerprint density at radius 1 is 1.60 bits per heavy atom. The summed E-state index contributed by atoms with van der Waals surface area (Å²) in [4.78, 5) is 11.5. The Morgan fingerprint density at radius 3 is 2.80 bits per heavy atom. The molecule has 1 rings (SSSR count). The molecule has 0 radical (unpaired) electrons. The number of carbonyl (C=O) groups is 1. The van der Waals surface area contributed by atoms with Crippen LogP contribution in [-0.2, 0) is 4.79 Å². The van der Waals surface area contributed by atoms with Crippen LogP contribution in [0.2, 0.25) is 0 Å². The second kappa shape index (κ2) is 6.38. The largest absolute Gasteiger partial charge is 0.356 e. The summed E-state index contributed by atoms with van der Waals surface area (Å²) in [5.74, 6) is 2.36. The molecule has 0 aliphatic heterocycles. The third-order valence-electron chi connectivity index (χ3n) is 2.75. The minimum Gasteiger partial charge on any atom is -0.356 e. The van der Waals surface area contributed by atoms with Crippen LogP contribution in [0.3, 0.4) is 0 Å². The van der Waals surface area contributed by atoms with Crippen molar-refractivity contribution in [1.82, 2.24) is 5.32 Å². The molecule has 0 saturated heterocycles. The lowest BCUT2D eigenvalue weighted by Crippen LogP contribution is -2.35. The van der Waals surface area contributed by atoms with Crippen LogP contribution in [0.1, 0.15) is 26.2 Å². The molecule has 1 saturated carbocycles. The van der Waals surface area contributed by atoms with Crippen molar-refractivity contribution >= 4 is 17.7 Å². The first-order valence-electron chi connectivity index (χ1n) is 5.64. The molecule has 1 aliphatic carbocycles. The van der Waals surface area contributed by atoms with Gasteiger partial charge < -0.3 is 11.1 Å². The molecule has 15 heavy (non-hydrogen) atoms. The van der Waals surface area contributed by atoms with Gasteiger partial charge in [-0.25, -0.2) is 0 Å². The van der Waals surface area contributed by atoms with Crippen molar-refractivity contribution in [2.24, 2.45) is 17.6 Å². The zero-order valence-electron chi connectivity index (χ0n) is 9.66. The van der Waals surface area contributed by atoms with Gasteiger partial charge in [-0.05, 0) is 36.7 Å². The van der Waals surface area contributed by atoms with Crippen LogP contribution in [0, 0.1) is 11.8 Å². The van der Waals surface area contributed by atoms with Crippen LogP contribution in [0.4, 0.5) is 0 Å². The van der Waals surface area contributed by atoms with Gasteiger partial charge in [0.2, 0.25) is 5.91 Å². The first-order chi connectivity index (χ1) is 7.13. The number of nitrogens with two attached hydrogens (primary N) is 1. The molecule has 0 aromatic heterocycles. The van der Waals surface area contributed by atoms with Gasteiger partial charge in [-0.2, -0.15) is 11.8 Å². The molecular formula is C11H22N2OS. The minimum atomic E-state index is 0.0841. The first kappa shape index (κ1) is 12.8. The van der Waals surface area contributed by atoms with Gasteiger partial charge in [0.1, 0.15) is 0 Å². The number of amides is 1. The van der Waals surface area contributed by atoms with Crippen molar-refractivity contribution in [2.45, 2.75) is 32.2 Å². The molecule has 0 spiro atoms. The van der Waals surface area contributed by atoms with Gasteiger partial charge in [0.05, 0.1) is 0 Å². The summed E-state index contributed by atoms with van der Waals surface area (Å²) in [6.45, 7) is 2.93. The van der Waals surface area contributed by atoms with E-state index < -0.39 is 0 Å². The summed E-state index contributed by atoms with van der Waals surface area (Å²) in [6.07, 6.45) is 4.99. The van der Waals surface area contributed by atoms with E-state index in [-0.39, 0.29) is 11.9 Å². The average molecular weight is 230 g/mol. The minimum absolute atomic E-state index is 0.0841. The van der Waals surface area contributed by atoms with Crippen LogP contribution in [0.15, 0.2) is 0 Å². The summed E-state index contributed by atoms with van der Waals surface area (Å²) in [5.41, 5.74) is 5.88. The van der Waals surface area contributed by atoms with E-state index in [1.807, 2.05) is 11.8 Å². The molecule has 1 amide bonds. The Hall–Kier alpha value is -0.220. The molecule has 0 heterocycles. The molecule has 2 unspecified atom stereocenters. The Morgan fingerprint density at radius 2 is 2.27 bits per heavy atom. The van der Waals surface area contributed by atoms with E-state index in [4.69, 9.17) is 5.73 Å². The van der Waals surface area contributed by atoms with E-state index in [2.05, 4.69) is 18.5 Å². The SMILES string of the molecule is CSCC(C)CNC(=O)CC(N)C1CC1. The molecule has 4 heteroatoms. The van der Waals surface area contributed by atoms with Crippen LogP contribution in [-0.4, -0.2) is 30.5 Å². The standard InChI is InChI=1S/C11H22N2OS/c1-8(7-15-2)6-13-11(14)5-10(12)9-3-4-9/h8-10H,3-7,12H2,1-2H3,(H,13,14). The smallest absolute Gasteiger partial charge is 0.221 e. The van der Waals surface area contributed by atoms with Crippen molar-refractivity contribution in [3.8, 4) is 0 Å². The van der Waals surface area contributed by atoms with Crippen molar-refractivity contribution in [3.63, 3.8) is 0 Å². The van der Waals surface area contributed by atoms with Crippen LogP contribution in [0.5, 0.6) is 0 Å². The molecule has 3 nitrogen and oxygen atoms in total. The molecule has 0 aromatic carbocycles. The van der Waals surface area contributed by atoms with E-state index in [9.17, 15) is 4.79 Å². The van der Waals surface area contributed by atoms with Crippen molar-refractivity contribution in [1.29, 1.82) is 0 Å². The maximum absolute atomic E-state index is 11.5. The van der Waals surface area contributed by atoms with Gasteiger partial charge in [0.25, 0.3) is 0 Å². The van der Waals surface area contributed by atoms with Crippen LogP contribution >= 0.6 is 11.8 Å². The molecule has 3 N–H and O–H groups in total. The van der Waals surface area contributed by atoms with Gasteiger partial charge in [-0.15, -0.1) is 0 Å². The summed E-state index contributed by atoms with van der Waals surface area (Å²) in [7, 11) is 0. The quantitative estimate of drug-likeness (QED) is 0.691. The van der Waals surface area contributed by atoms with Crippen molar-refractivity contribution in [3.05, 3.63) is 0 Å². The second-order valence-corrected chi connectivity index (χ2v) is 5.48. The first-order valence-corrected chi connectivity index (χ1v) is 7.04. The van der Waals surface area contributed by atoms with Crippen LogP contribution < -0.4 is 11.1 Å². The Bertz CT molecular complexity index is 207. The van der Waals surface area contributed by atoms with Gasteiger partial charge in [-0.3, -0.25) is 4.79 Å². The highest BCUT2D eigenvalue weighted by Crippen LogP contribution is 2.32. The summed E-state index contributed by atoms with van der Waals surface area (Å²) in [5, 5.41) is 2.95. The highest BCUT2D eigenvalue weighted by Gasteiger charge is 2.29.